The number of carbonyl (C=O) groups is 2. The molecule has 24 heavy (non-hydrogen) atoms. The second kappa shape index (κ2) is 6.47. The number of likely N-dealkylation sites (tertiary alicyclic amines) is 1. The Balaban J connectivity index is 1.89. The van der Waals surface area contributed by atoms with Gasteiger partial charge in [-0.2, -0.15) is 5.10 Å². The predicted molar refractivity (Wildman–Crippen MR) is 89.3 cm³/mol. The Bertz CT molecular complexity index is 752. The Morgan fingerprint density at radius 1 is 1.25 bits per heavy atom. The smallest absolute Gasteiger partial charge is 0.308 e. The van der Waals surface area contributed by atoms with Crippen LogP contribution in [0.5, 0.6) is 0 Å². The van der Waals surface area contributed by atoms with Crippen molar-refractivity contribution in [1.82, 2.24) is 14.7 Å². The predicted octanol–water partition coefficient (Wildman–Crippen LogP) is 2.54. The van der Waals surface area contributed by atoms with Gasteiger partial charge in [-0.25, -0.2) is 4.68 Å². The second-order valence-corrected chi connectivity index (χ2v) is 6.43. The molecule has 1 amide bonds. The Hall–Kier alpha value is -2.63. The number of aliphatic carboxylic acids is 1. The molecule has 0 saturated carbocycles. The van der Waals surface area contributed by atoms with Gasteiger partial charge in [-0.3, -0.25) is 9.59 Å². The van der Waals surface area contributed by atoms with Crippen molar-refractivity contribution in [3.05, 3.63) is 47.8 Å². The molecule has 1 unspecified atom stereocenters. The zero-order valence-electron chi connectivity index (χ0n) is 13.8. The average Bonchev–Trinajstić information content (AvgIpc) is 3.22. The summed E-state index contributed by atoms with van der Waals surface area (Å²) in [7, 11) is 0. The highest BCUT2D eigenvalue weighted by Crippen LogP contribution is 2.23. The zero-order chi connectivity index (χ0) is 17.3. The number of para-hydroxylation sites is 1. The minimum atomic E-state index is -0.844. The summed E-state index contributed by atoms with van der Waals surface area (Å²) in [5, 5.41) is 13.6. The topological polar surface area (TPSA) is 75.4 Å². The van der Waals surface area contributed by atoms with E-state index in [-0.39, 0.29) is 18.4 Å². The summed E-state index contributed by atoms with van der Waals surface area (Å²) in [5.41, 5.74) is 2.23. The van der Waals surface area contributed by atoms with Crippen molar-refractivity contribution < 1.29 is 14.7 Å². The second-order valence-electron chi connectivity index (χ2n) is 6.43. The van der Waals surface area contributed by atoms with Gasteiger partial charge in [0.1, 0.15) is 0 Å². The number of nitrogens with zero attached hydrogens (tertiary/aromatic N) is 3. The first-order valence-electron chi connectivity index (χ1n) is 8.15. The van der Waals surface area contributed by atoms with Crippen LogP contribution in [0.25, 0.3) is 5.69 Å². The number of benzene rings is 1. The van der Waals surface area contributed by atoms with Crippen LogP contribution in [-0.2, 0) is 4.79 Å². The maximum atomic E-state index is 12.7. The fourth-order valence-corrected chi connectivity index (χ4v) is 3.00. The highest BCUT2D eigenvalue weighted by molar-refractivity contribution is 5.93. The Kier molecular flexibility index (Phi) is 4.38. The van der Waals surface area contributed by atoms with Gasteiger partial charge in [0.15, 0.2) is 5.69 Å². The first-order valence-corrected chi connectivity index (χ1v) is 8.15. The molecule has 1 N–H and O–H groups in total. The highest BCUT2D eigenvalue weighted by Gasteiger charge is 2.32. The lowest BCUT2D eigenvalue weighted by molar-refractivity contribution is -0.141. The number of aromatic nitrogens is 2. The summed E-state index contributed by atoms with van der Waals surface area (Å²) in [5.74, 6) is -1.31. The van der Waals surface area contributed by atoms with E-state index >= 15 is 0 Å². The fraction of sp³-hybridized carbons (Fsp3) is 0.389. The van der Waals surface area contributed by atoms with Gasteiger partial charge in [-0.15, -0.1) is 0 Å². The standard InChI is InChI=1S/C18H21N3O3/c1-12(2)16-10-15(19-21(16)14-6-4-3-5-7-14)17(22)20-9-8-13(11-20)18(23)24/h3-7,10,12-13H,8-9,11H2,1-2H3,(H,23,24). The van der Waals surface area contributed by atoms with Gasteiger partial charge in [0.2, 0.25) is 0 Å². The molecular formula is C18H21N3O3. The molecule has 1 aliphatic rings. The van der Waals surface area contributed by atoms with Crippen LogP contribution in [0.3, 0.4) is 0 Å². The first kappa shape index (κ1) is 16.2. The Morgan fingerprint density at radius 3 is 2.54 bits per heavy atom. The van der Waals surface area contributed by atoms with Crippen LogP contribution in [0.2, 0.25) is 0 Å². The van der Waals surface area contributed by atoms with Crippen LogP contribution in [-0.4, -0.2) is 44.8 Å². The number of carboxylic acid groups (broad SMARTS) is 1. The lowest BCUT2D eigenvalue weighted by atomic mass is 10.1. The molecule has 126 valence electrons. The average molecular weight is 327 g/mol. The van der Waals surface area contributed by atoms with E-state index in [1.807, 2.05) is 36.4 Å². The van der Waals surface area contributed by atoms with Crippen LogP contribution in [0.4, 0.5) is 0 Å². The van der Waals surface area contributed by atoms with Crippen molar-refractivity contribution in [2.45, 2.75) is 26.2 Å². The van der Waals surface area contributed by atoms with E-state index in [1.54, 1.807) is 9.58 Å². The van der Waals surface area contributed by atoms with Crippen molar-refractivity contribution in [2.24, 2.45) is 5.92 Å². The molecule has 1 aliphatic heterocycles. The summed E-state index contributed by atoms with van der Waals surface area (Å²) < 4.78 is 1.79. The van der Waals surface area contributed by atoms with E-state index in [4.69, 9.17) is 5.11 Å². The SMILES string of the molecule is CC(C)c1cc(C(=O)N2CCC(C(=O)O)C2)nn1-c1ccccc1. The molecule has 6 heteroatoms. The summed E-state index contributed by atoms with van der Waals surface area (Å²) in [6.07, 6.45) is 0.498. The lowest BCUT2D eigenvalue weighted by Gasteiger charge is -2.13. The molecule has 2 aromatic rings. The zero-order valence-corrected chi connectivity index (χ0v) is 13.8. The van der Waals surface area contributed by atoms with Crippen LogP contribution in [0, 0.1) is 5.92 Å². The third kappa shape index (κ3) is 3.04. The molecule has 2 heterocycles. The quantitative estimate of drug-likeness (QED) is 0.936. The van der Waals surface area contributed by atoms with E-state index in [0.717, 1.165) is 11.4 Å². The minimum absolute atomic E-state index is 0.199. The van der Waals surface area contributed by atoms with Crippen LogP contribution in [0.1, 0.15) is 42.4 Å². The Labute approximate surface area is 140 Å². The molecule has 0 radical (unpaired) electrons. The van der Waals surface area contributed by atoms with Crippen molar-refractivity contribution >= 4 is 11.9 Å². The molecule has 1 saturated heterocycles. The lowest BCUT2D eigenvalue weighted by Crippen LogP contribution is -2.30. The molecule has 0 aliphatic carbocycles. The number of hydrogen-bond acceptors (Lipinski definition) is 3. The van der Waals surface area contributed by atoms with Crippen LogP contribution < -0.4 is 0 Å². The Morgan fingerprint density at radius 2 is 1.96 bits per heavy atom. The summed E-state index contributed by atoms with van der Waals surface area (Å²) in [4.78, 5) is 25.4. The molecule has 1 aromatic heterocycles. The monoisotopic (exact) mass is 327 g/mol. The van der Waals surface area contributed by atoms with E-state index in [9.17, 15) is 9.59 Å². The van der Waals surface area contributed by atoms with E-state index < -0.39 is 11.9 Å². The van der Waals surface area contributed by atoms with E-state index in [0.29, 0.717) is 18.7 Å². The number of carbonyl (C=O) groups excluding carboxylic acids is 1. The number of amides is 1. The molecular weight excluding hydrogens is 306 g/mol. The largest absolute Gasteiger partial charge is 0.481 e. The third-order valence-electron chi connectivity index (χ3n) is 4.37. The minimum Gasteiger partial charge on any atom is -0.481 e. The molecule has 1 aromatic carbocycles. The van der Waals surface area contributed by atoms with Crippen molar-refractivity contribution in [2.75, 3.05) is 13.1 Å². The normalized spacial score (nSPS) is 17.5. The van der Waals surface area contributed by atoms with Gasteiger partial charge in [0.25, 0.3) is 5.91 Å². The van der Waals surface area contributed by atoms with Crippen LogP contribution in [0.15, 0.2) is 36.4 Å². The number of rotatable bonds is 4. The van der Waals surface area contributed by atoms with Gasteiger partial charge in [0.05, 0.1) is 11.6 Å². The summed E-state index contributed by atoms with van der Waals surface area (Å²) in [6, 6.07) is 11.5. The molecule has 1 fully saturated rings. The molecule has 1 atom stereocenters. The third-order valence-corrected chi connectivity index (χ3v) is 4.37. The van der Waals surface area contributed by atoms with E-state index in [1.165, 1.54) is 0 Å². The van der Waals surface area contributed by atoms with E-state index in [2.05, 4.69) is 18.9 Å². The number of carboxylic acids is 1. The van der Waals surface area contributed by atoms with Gasteiger partial charge >= 0.3 is 5.97 Å². The number of hydrogen-bond donors (Lipinski definition) is 1. The first-order chi connectivity index (χ1) is 11.5. The van der Waals surface area contributed by atoms with Gasteiger partial charge in [0, 0.05) is 18.8 Å². The van der Waals surface area contributed by atoms with Crippen LogP contribution >= 0.6 is 0 Å². The molecule has 0 bridgehead atoms. The van der Waals surface area contributed by atoms with Gasteiger partial charge < -0.3 is 10.0 Å². The summed E-state index contributed by atoms with van der Waals surface area (Å²) in [6.45, 7) is 4.83. The van der Waals surface area contributed by atoms with Crippen molar-refractivity contribution in [3.63, 3.8) is 0 Å². The maximum Gasteiger partial charge on any atom is 0.308 e. The van der Waals surface area contributed by atoms with Gasteiger partial charge in [-0.1, -0.05) is 32.0 Å². The maximum absolute atomic E-state index is 12.7. The molecule has 3 rings (SSSR count). The fourth-order valence-electron chi connectivity index (χ4n) is 3.00. The molecule has 0 spiro atoms. The molecule has 6 nitrogen and oxygen atoms in total. The van der Waals surface area contributed by atoms with Crippen molar-refractivity contribution in [1.29, 1.82) is 0 Å². The van der Waals surface area contributed by atoms with Crippen molar-refractivity contribution in [3.8, 4) is 5.69 Å². The summed E-state index contributed by atoms with van der Waals surface area (Å²) >= 11 is 0. The van der Waals surface area contributed by atoms with Gasteiger partial charge in [-0.05, 0) is 30.5 Å². The highest BCUT2D eigenvalue weighted by atomic mass is 16.4.